The highest BCUT2D eigenvalue weighted by Gasteiger charge is 2.12. The van der Waals surface area contributed by atoms with Gasteiger partial charge in [-0.2, -0.15) is 0 Å². The Balaban J connectivity index is 1.47. The normalized spacial score (nSPS) is 16.9. The molecule has 2 aromatic carbocycles. The molecule has 0 radical (unpaired) electrons. The number of hydrogen-bond donors (Lipinski definition) is 2. The Bertz CT molecular complexity index is 620. The van der Waals surface area contributed by atoms with Gasteiger partial charge >= 0.3 is 0 Å². The second kappa shape index (κ2) is 7.03. The van der Waals surface area contributed by atoms with Crippen LogP contribution < -0.4 is 15.8 Å². The van der Waals surface area contributed by atoms with Crippen molar-refractivity contribution in [2.24, 2.45) is 11.7 Å². The first kappa shape index (κ1) is 14.5. The van der Waals surface area contributed by atoms with E-state index in [1.807, 2.05) is 6.07 Å². The quantitative estimate of drug-likeness (QED) is 0.861. The third-order valence-corrected chi connectivity index (χ3v) is 3.92. The van der Waals surface area contributed by atoms with Gasteiger partial charge in [0.25, 0.3) is 0 Å². The van der Waals surface area contributed by atoms with Gasteiger partial charge in [0.1, 0.15) is 5.75 Å². The predicted octanol–water partition coefficient (Wildman–Crippen LogP) is 3.07. The summed E-state index contributed by atoms with van der Waals surface area (Å²) in [6, 6.07) is 18.9. The molecule has 0 bridgehead atoms. The number of benzene rings is 2. The second-order valence-electron chi connectivity index (χ2n) is 5.71. The van der Waals surface area contributed by atoms with Crippen LogP contribution in [0.3, 0.4) is 0 Å². The number of ether oxygens (including phenoxy) is 1. The molecule has 0 spiro atoms. The Morgan fingerprint density at radius 2 is 1.73 bits per heavy atom. The van der Waals surface area contributed by atoms with Gasteiger partial charge < -0.3 is 15.8 Å². The minimum atomic E-state index is 0.484. The van der Waals surface area contributed by atoms with Crippen LogP contribution in [-0.4, -0.2) is 13.2 Å². The van der Waals surface area contributed by atoms with Crippen molar-refractivity contribution in [1.82, 2.24) is 5.32 Å². The van der Waals surface area contributed by atoms with Crippen molar-refractivity contribution in [2.45, 2.75) is 12.8 Å². The average Bonchev–Trinajstić information content (AvgIpc) is 2.96. The zero-order valence-corrected chi connectivity index (χ0v) is 12.7. The van der Waals surface area contributed by atoms with Gasteiger partial charge in [0.15, 0.2) is 0 Å². The first-order valence-electron chi connectivity index (χ1n) is 7.76. The van der Waals surface area contributed by atoms with Crippen LogP contribution in [0.4, 0.5) is 0 Å². The maximum Gasteiger partial charge on any atom is 0.119 e. The van der Waals surface area contributed by atoms with E-state index in [0.29, 0.717) is 12.5 Å². The molecular weight excluding hydrogens is 272 g/mol. The van der Waals surface area contributed by atoms with Gasteiger partial charge in [-0.1, -0.05) is 42.5 Å². The molecule has 3 N–H and O–H groups in total. The summed E-state index contributed by atoms with van der Waals surface area (Å²) in [5.41, 5.74) is 8.33. The number of nitrogens with one attached hydrogen (secondary N) is 1. The molecule has 1 atom stereocenters. The summed E-state index contributed by atoms with van der Waals surface area (Å²) in [4.78, 5) is 0. The predicted molar refractivity (Wildman–Crippen MR) is 89.6 cm³/mol. The monoisotopic (exact) mass is 294 g/mol. The summed E-state index contributed by atoms with van der Waals surface area (Å²) in [6.07, 6.45) is 4.02. The molecule has 2 aromatic rings. The minimum absolute atomic E-state index is 0.484. The number of rotatable bonds is 6. The number of nitrogens with two attached hydrogens (primary N) is 1. The molecule has 3 heteroatoms. The van der Waals surface area contributed by atoms with Crippen molar-refractivity contribution < 1.29 is 4.74 Å². The van der Waals surface area contributed by atoms with Crippen molar-refractivity contribution in [3.63, 3.8) is 0 Å². The molecule has 0 unspecified atom stereocenters. The van der Waals surface area contributed by atoms with Gasteiger partial charge in [0, 0.05) is 12.5 Å². The zero-order valence-electron chi connectivity index (χ0n) is 12.7. The van der Waals surface area contributed by atoms with Crippen LogP contribution in [0.2, 0.25) is 0 Å². The lowest BCUT2D eigenvalue weighted by molar-refractivity contribution is 0.293. The molecule has 0 aromatic heterocycles. The summed E-state index contributed by atoms with van der Waals surface area (Å²) < 4.78 is 5.81. The maximum atomic E-state index is 5.81. The third-order valence-electron chi connectivity index (χ3n) is 3.92. The van der Waals surface area contributed by atoms with Crippen LogP contribution in [0.5, 0.6) is 5.75 Å². The fraction of sp³-hybridized carbons (Fsp3) is 0.263. The van der Waals surface area contributed by atoms with Crippen molar-refractivity contribution in [2.75, 3.05) is 13.2 Å². The lowest BCUT2D eigenvalue weighted by Crippen LogP contribution is -2.17. The van der Waals surface area contributed by atoms with Gasteiger partial charge in [-0.3, -0.25) is 0 Å². The molecule has 0 amide bonds. The van der Waals surface area contributed by atoms with E-state index in [1.54, 1.807) is 0 Å². The van der Waals surface area contributed by atoms with Crippen LogP contribution in [0, 0.1) is 5.92 Å². The molecule has 1 aliphatic rings. The Labute approximate surface area is 131 Å². The van der Waals surface area contributed by atoms with Gasteiger partial charge in [-0.05, 0) is 42.2 Å². The van der Waals surface area contributed by atoms with Gasteiger partial charge in [0.2, 0.25) is 0 Å². The Morgan fingerprint density at radius 1 is 1.00 bits per heavy atom. The zero-order chi connectivity index (χ0) is 15.2. The highest BCUT2D eigenvalue weighted by Crippen LogP contribution is 2.17. The van der Waals surface area contributed by atoms with Crippen LogP contribution in [0.15, 0.2) is 66.5 Å². The lowest BCUT2D eigenvalue weighted by Gasteiger charge is -2.10. The Hall–Kier alpha value is -2.42. The highest BCUT2D eigenvalue weighted by atomic mass is 16.5. The summed E-state index contributed by atoms with van der Waals surface area (Å²) in [5, 5.41) is 3.13. The molecular formula is C19H22N2O. The van der Waals surface area contributed by atoms with Crippen molar-refractivity contribution in [1.29, 1.82) is 0 Å². The van der Waals surface area contributed by atoms with E-state index < -0.39 is 0 Å². The lowest BCUT2D eigenvalue weighted by atomic mass is 10.1. The molecule has 1 heterocycles. The van der Waals surface area contributed by atoms with E-state index >= 15 is 0 Å². The third kappa shape index (κ3) is 4.04. The molecule has 0 fully saturated rings. The Kier molecular flexibility index (Phi) is 4.64. The van der Waals surface area contributed by atoms with Gasteiger partial charge in [0.05, 0.1) is 12.4 Å². The molecule has 1 aliphatic heterocycles. The van der Waals surface area contributed by atoms with Crippen molar-refractivity contribution >= 4 is 0 Å². The fourth-order valence-corrected chi connectivity index (χ4v) is 2.67. The van der Waals surface area contributed by atoms with E-state index in [1.165, 1.54) is 11.1 Å². The summed E-state index contributed by atoms with van der Waals surface area (Å²) in [6.45, 7) is 1.64. The van der Waals surface area contributed by atoms with Crippen LogP contribution in [-0.2, 0) is 6.42 Å². The summed E-state index contributed by atoms with van der Waals surface area (Å²) in [5.74, 6) is 2.20. The van der Waals surface area contributed by atoms with E-state index in [4.69, 9.17) is 10.5 Å². The van der Waals surface area contributed by atoms with Gasteiger partial charge in [-0.25, -0.2) is 0 Å². The van der Waals surface area contributed by atoms with E-state index in [-0.39, 0.29) is 0 Å². The molecule has 22 heavy (non-hydrogen) atoms. The molecule has 3 rings (SSSR count). The molecule has 114 valence electrons. The smallest absolute Gasteiger partial charge is 0.119 e. The highest BCUT2D eigenvalue weighted by molar-refractivity contribution is 5.31. The minimum Gasteiger partial charge on any atom is -0.494 e. The van der Waals surface area contributed by atoms with Gasteiger partial charge in [-0.15, -0.1) is 0 Å². The fourth-order valence-electron chi connectivity index (χ4n) is 2.67. The van der Waals surface area contributed by atoms with Crippen molar-refractivity contribution in [3.8, 4) is 5.75 Å². The molecule has 3 nitrogen and oxygen atoms in total. The van der Waals surface area contributed by atoms with Crippen molar-refractivity contribution in [3.05, 3.63) is 77.6 Å². The van der Waals surface area contributed by atoms with E-state index in [2.05, 4.69) is 59.9 Å². The summed E-state index contributed by atoms with van der Waals surface area (Å²) >= 11 is 0. The average molecular weight is 294 g/mol. The Morgan fingerprint density at radius 3 is 2.41 bits per heavy atom. The van der Waals surface area contributed by atoms with Crippen LogP contribution in [0.1, 0.15) is 17.5 Å². The molecule has 0 aliphatic carbocycles. The molecule has 0 saturated carbocycles. The summed E-state index contributed by atoms with van der Waals surface area (Å²) in [7, 11) is 0. The van der Waals surface area contributed by atoms with E-state index in [0.717, 1.165) is 31.0 Å². The van der Waals surface area contributed by atoms with E-state index in [9.17, 15) is 0 Å². The van der Waals surface area contributed by atoms with Crippen LogP contribution in [0.25, 0.3) is 0 Å². The molecule has 0 saturated heterocycles. The first-order valence-corrected chi connectivity index (χ1v) is 7.76. The largest absolute Gasteiger partial charge is 0.494 e. The maximum absolute atomic E-state index is 5.81. The standard InChI is InChI=1S/C19H22N2O/c20-19-13-17(14-21-19)10-11-22-18-8-6-16(7-9-18)12-15-4-2-1-3-5-15/h1-9,13,17,21H,10-12,14,20H2/t17-/m0/s1. The second-order valence-corrected chi connectivity index (χ2v) is 5.71. The SMILES string of the molecule is NC1=C[C@H](CCOc2ccc(Cc3ccccc3)cc2)CN1. The number of hydrogen-bond acceptors (Lipinski definition) is 3. The first-order chi connectivity index (χ1) is 10.8. The topological polar surface area (TPSA) is 47.3 Å². The van der Waals surface area contributed by atoms with Crippen LogP contribution >= 0.6 is 0 Å².